The first-order chi connectivity index (χ1) is 9.24. The lowest BCUT2D eigenvalue weighted by Crippen LogP contribution is -2.15. The molecule has 0 unspecified atom stereocenters. The summed E-state index contributed by atoms with van der Waals surface area (Å²) in [6.45, 7) is 4.36. The van der Waals surface area contributed by atoms with Crippen molar-refractivity contribution in [3.8, 4) is 0 Å². The van der Waals surface area contributed by atoms with Crippen LogP contribution in [0.5, 0.6) is 0 Å². The molecule has 3 atom stereocenters. The highest BCUT2D eigenvalue weighted by Gasteiger charge is 2.25. The van der Waals surface area contributed by atoms with Crippen LogP contribution in [0.3, 0.4) is 0 Å². The lowest BCUT2D eigenvalue weighted by atomic mass is 9.66. The largest absolute Gasteiger partial charge is 0.0728 e. The minimum atomic E-state index is 0.146. The van der Waals surface area contributed by atoms with Crippen molar-refractivity contribution in [1.82, 2.24) is 0 Å². The number of rotatable bonds is 5. The maximum atomic E-state index is 6.28. The summed E-state index contributed by atoms with van der Waals surface area (Å²) in [7, 11) is 6.28. The van der Waals surface area contributed by atoms with Crippen LogP contribution < -0.4 is 0 Å². The van der Waals surface area contributed by atoms with E-state index in [-0.39, 0.29) is 5.82 Å². The number of hydrogen-bond acceptors (Lipinski definition) is 0. The van der Waals surface area contributed by atoms with Crippen LogP contribution in [0, 0.1) is 0 Å². The molecule has 0 heterocycles. The van der Waals surface area contributed by atoms with Gasteiger partial charge >= 0.3 is 0 Å². The molecule has 0 nitrogen and oxygen atoms in total. The molecule has 2 aromatic carbocycles. The van der Waals surface area contributed by atoms with Crippen LogP contribution in [0.4, 0.5) is 0 Å². The Morgan fingerprint density at radius 3 is 1.74 bits per heavy atom. The Hall–Kier alpha value is -1.50. The van der Waals surface area contributed by atoms with Crippen molar-refractivity contribution in [1.29, 1.82) is 0 Å². The zero-order valence-electron chi connectivity index (χ0n) is 11.8. The van der Waals surface area contributed by atoms with Crippen LogP contribution in [-0.4, -0.2) is 7.85 Å². The monoisotopic (exact) mass is 248 g/mol. The van der Waals surface area contributed by atoms with Crippen LogP contribution in [-0.2, 0) is 0 Å². The van der Waals surface area contributed by atoms with Crippen molar-refractivity contribution in [3.63, 3.8) is 0 Å². The molecule has 1 heteroatoms. The summed E-state index contributed by atoms with van der Waals surface area (Å²) in [5.74, 6) is 0.991. The average Bonchev–Trinajstić information content (AvgIpc) is 2.46. The molecule has 0 amide bonds. The van der Waals surface area contributed by atoms with E-state index in [0.717, 1.165) is 6.42 Å². The minimum absolute atomic E-state index is 0.146. The van der Waals surface area contributed by atoms with Gasteiger partial charge in [0.2, 0.25) is 0 Å². The van der Waals surface area contributed by atoms with Gasteiger partial charge in [-0.2, -0.15) is 0 Å². The Morgan fingerprint density at radius 2 is 1.32 bits per heavy atom. The molecule has 0 saturated carbocycles. The fourth-order valence-corrected chi connectivity index (χ4v) is 2.97. The van der Waals surface area contributed by atoms with Crippen molar-refractivity contribution >= 4 is 7.85 Å². The predicted octanol–water partition coefficient (Wildman–Crippen LogP) is 4.94. The van der Waals surface area contributed by atoms with Gasteiger partial charge in [0.05, 0.1) is 7.85 Å². The maximum Gasteiger partial charge on any atom is 0.0704 e. The first-order valence-corrected chi connectivity index (χ1v) is 7.09. The molecule has 19 heavy (non-hydrogen) atoms. The van der Waals surface area contributed by atoms with Gasteiger partial charge in [-0.15, -0.1) is 0 Å². The topological polar surface area (TPSA) is 0 Å². The Labute approximate surface area is 118 Å². The third-order valence-electron chi connectivity index (χ3n) is 3.85. The Balaban J connectivity index is 2.38. The third kappa shape index (κ3) is 3.29. The van der Waals surface area contributed by atoms with Gasteiger partial charge in [0.25, 0.3) is 0 Å². The Bertz CT molecular complexity index is 476. The smallest absolute Gasteiger partial charge is 0.0704 e. The average molecular weight is 248 g/mol. The summed E-state index contributed by atoms with van der Waals surface area (Å²) in [5.41, 5.74) is 2.73. The van der Waals surface area contributed by atoms with Gasteiger partial charge in [0.1, 0.15) is 0 Å². The van der Waals surface area contributed by atoms with Crippen LogP contribution in [0.2, 0.25) is 5.82 Å². The summed E-state index contributed by atoms with van der Waals surface area (Å²) in [5, 5.41) is 0. The molecule has 96 valence electrons. The lowest BCUT2D eigenvalue weighted by Gasteiger charge is -2.31. The molecule has 0 N–H and O–H groups in total. The van der Waals surface area contributed by atoms with E-state index in [1.54, 1.807) is 0 Å². The van der Waals surface area contributed by atoms with Crippen molar-refractivity contribution < 1.29 is 0 Å². The van der Waals surface area contributed by atoms with Crippen LogP contribution >= 0.6 is 0 Å². The van der Waals surface area contributed by atoms with Gasteiger partial charge in [0, 0.05) is 0 Å². The molecule has 0 aliphatic heterocycles. The van der Waals surface area contributed by atoms with E-state index in [9.17, 15) is 0 Å². The van der Waals surface area contributed by atoms with E-state index in [2.05, 4.69) is 74.5 Å². The molecule has 0 fully saturated rings. The van der Waals surface area contributed by atoms with Gasteiger partial charge in [-0.05, 0) is 29.4 Å². The van der Waals surface area contributed by atoms with Gasteiger partial charge < -0.3 is 0 Å². The summed E-state index contributed by atoms with van der Waals surface area (Å²) in [6.07, 6.45) is 1.10. The zero-order chi connectivity index (χ0) is 13.7. The summed E-state index contributed by atoms with van der Waals surface area (Å²) in [4.78, 5) is 0. The second-order valence-corrected chi connectivity index (χ2v) is 5.22. The van der Waals surface area contributed by atoms with Crippen LogP contribution in [0.25, 0.3) is 0 Å². The summed E-state index contributed by atoms with van der Waals surface area (Å²) < 4.78 is 0. The molecular weight excluding hydrogens is 227 g/mol. The van der Waals surface area contributed by atoms with E-state index >= 15 is 0 Å². The summed E-state index contributed by atoms with van der Waals surface area (Å²) in [6, 6.07) is 21.4. The molecule has 0 spiro atoms. The van der Waals surface area contributed by atoms with Crippen molar-refractivity contribution in [3.05, 3.63) is 71.8 Å². The van der Waals surface area contributed by atoms with E-state index in [1.807, 2.05) is 0 Å². The first-order valence-electron chi connectivity index (χ1n) is 7.09. The number of hydrogen-bond donors (Lipinski definition) is 0. The third-order valence-corrected chi connectivity index (χ3v) is 3.85. The molecule has 0 saturated heterocycles. The zero-order valence-corrected chi connectivity index (χ0v) is 11.8. The van der Waals surface area contributed by atoms with Crippen molar-refractivity contribution in [2.24, 2.45) is 0 Å². The van der Waals surface area contributed by atoms with Crippen molar-refractivity contribution in [2.75, 3.05) is 0 Å². The molecule has 0 aliphatic carbocycles. The minimum Gasteiger partial charge on any atom is -0.0728 e. The van der Waals surface area contributed by atoms with Crippen molar-refractivity contribution in [2.45, 2.75) is 37.9 Å². The normalized spacial score (nSPS) is 15.7. The van der Waals surface area contributed by atoms with Gasteiger partial charge in [-0.1, -0.05) is 80.3 Å². The maximum absolute atomic E-state index is 6.28. The van der Waals surface area contributed by atoms with Gasteiger partial charge in [-0.25, -0.2) is 0 Å². The quantitative estimate of drug-likeness (QED) is 0.657. The second-order valence-electron chi connectivity index (χ2n) is 5.22. The van der Waals surface area contributed by atoms with Gasteiger partial charge in [-0.3, -0.25) is 0 Å². The molecule has 0 aliphatic rings. The molecule has 0 aromatic heterocycles. The Morgan fingerprint density at radius 1 is 0.842 bits per heavy atom. The second kappa shape index (κ2) is 6.61. The van der Waals surface area contributed by atoms with E-state index < -0.39 is 0 Å². The van der Waals surface area contributed by atoms with Gasteiger partial charge in [0.15, 0.2) is 0 Å². The molecule has 2 rings (SSSR count). The number of benzene rings is 2. The highest BCUT2D eigenvalue weighted by Crippen LogP contribution is 2.41. The molecular formula is C18H21B. The fourth-order valence-electron chi connectivity index (χ4n) is 2.97. The summed E-state index contributed by atoms with van der Waals surface area (Å²) >= 11 is 0. The highest BCUT2D eigenvalue weighted by atomic mass is 14.3. The molecule has 2 aromatic rings. The highest BCUT2D eigenvalue weighted by molar-refractivity contribution is 6.12. The standard InChI is InChI=1S/C18H21B/c1-3-17(15-10-6-4-7-11-15)18(14(2)19)16-12-8-5-9-13-16/h4-14,17-18H,3H2,1-2H3/t14-,17-,18+/m0/s1. The lowest BCUT2D eigenvalue weighted by molar-refractivity contribution is 0.510. The van der Waals surface area contributed by atoms with E-state index in [1.165, 1.54) is 11.1 Å². The van der Waals surface area contributed by atoms with E-state index in [0.29, 0.717) is 11.8 Å². The van der Waals surface area contributed by atoms with Crippen LogP contribution in [0.1, 0.15) is 43.2 Å². The molecule has 0 bridgehead atoms. The van der Waals surface area contributed by atoms with Crippen LogP contribution in [0.15, 0.2) is 60.7 Å². The van der Waals surface area contributed by atoms with E-state index in [4.69, 9.17) is 7.85 Å². The SMILES string of the molecule is [B][C@@H](C)[C@H](c1ccccc1)[C@@H](CC)c1ccccc1. The predicted molar refractivity (Wildman–Crippen MR) is 83.8 cm³/mol. The molecule has 2 radical (unpaired) electrons. The fraction of sp³-hybridized carbons (Fsp3) is 0.333. The Kier molecular flexibility index (Phi) is 4.84. The first kappa shape index (κ1) is 13.9.